The molecule has 0 unspecified atom stereocenters. The Kier molecular flexibility index (Phi) is 4.92. The highest BCUT2D eigenvalue weighted by Gasteiger charge is 2.44. The fourth-order valence-corrected chi connectivity index (χ4v) is 5.06. The van der Waals surface area contributed by atoms with Gasteiger partial charge in [-0.1, -0.05) is 6.92 Å². The van der Waals surface area contributed by atoms with Gasteiger partial charge in [0.1, 0.15) is 6.33 Å². The second-order valence-electron chi connectivity index (χ2n) is 8.39. The van der Waals surface area contributed by atoms with Crippen molar-refractivity contribution in [3.05, 3.63) is 39.4 Å². The Morgan fingerprint density at radius 2 is 1.90 bits per heavy atom. The number of piperidine rings is 1. The van der Waals surface area contributed by atoms with Crippen LogP contribution in [0.2, 0.25) is 0 Å². The smallest absolute Gasteiger partial charge is 0.255 e. The van der Waals surface area contributed by atoms with E-state index in [1.165, 1.54) is 6.33 Å². The standard InChI is InChI=1S/C21H27FN6O2/c1-2-15-16(22)18(24-13-23-15)27-7-5-21(6-8-27)4-3-14-17(21)25-20(26-19(14)29)28-9-11-30-12-10-28/h13H,2-12H2,1H3,(H,25,26,29). The van der Waals surface area contributed by atoms with Crippen molar-refractivity contribution in [2.24, 2.45) is 0 Å². The lowest BCUT2D eigenvalue weighted by Crippen LogP contribution is -2.44. The highest BCUT2D eigenvalue weighted by atomic mass is 19.1. The van der Waals surface area contributed by atoms with E-state index in [1.807, 2.05) is 11.8 Å². The molecule has 2 aromatic rings. The molecule has 0 bridgehead atoms. The fraction of sp³-hybridized carbons (Fsp3) is 0.619. The molecule has 1 spiro atoms. The number of aryl methyl sites for hydroxylation is 1. The second kappa shape index (κ2) is 7.61. The highest BCUT2D eigenvalue weighted by Crippen LogP contribution is 2.45. The predicted molar refractivity (Wildman–Crippen MR) is 111 cm³/mol. The van der Waals surface area contributed by atoms with Crippen LogP contribution in [0.25, 0.3) is 0 Å². The summed E-state index contributed by atoms with van der Waals surface area (Å²) in [7, 11) is 0. The van der Waals surface area contributed by atoms with E-state index >= 15 is 0 Å². The van der Waals surface area contributed by atoms with Crippen LogP contribution in [-0.4, -0.2) is 59.3 Å². The van der Waals surface area contributed by atoms with Crippen molar-refractivity contribution in [2.45, 2.75) is 44.4 Å². The fourth-order valence-electron chi connectivity index (χ4n) is 5.06. The van der Waals surface area contributed by atoms with Gasteiger partial charge in [-0.25, -0.2) is 19.3 Å². The van der Waals surface area contributed by atoms with Crippen LogP contribution in [0.15, 0.2) is 11.1 Å². The number of nitrogens with one attached hydrogen (secondary N) is 1. The molecular formula is C21H27FN6O2. The minimum Gasteiger partial charge on any atom is -0.378 e. The van der Waals surface area contributed by atoms with E-state index in [2.05, 4.69) is 19.9 Å². The zero-order chi connectivity index (χ0) is 20.7. The molecule has 3 aliphatic rings. The Hall–Kier alpha value is -2.55. The van der Waals surface area contributed by atoms with Crippen molar-refractivity contribution in [2.75, 3.05) is 49.2 Å². The number of morpholine rings is 1. The van der Waals surface area contributed by atoms with Gasteiger partial charge in [0.15, 0.2) is 11.6 Å². The van der Waals surface area contributed by atoms with Gasteiger partial charge in [0, 0.05) is 37.2 Å². The molecule has 2 aliphatic heterocycles. The number of halogens is 1. The molecule has 2 saturated heterocycles. The molecule has 30 heavy (non-hydrogen) atoms. The van der Waals surface area contributed by atoms with E-state index in [4.69, 9.17) is 9.72 Å². The molecule has 0 aromatic carbocycles. The van der Waals surface area contributed by atoms with Crippen LogP contribution < -0.4 is 15.4 Å². The summed E-state index contributed by atoms with van der Waals surface area (Å²) in [5.41, 5.74) is 2.09. The zero-order valence-electron chi connectivity index (χ0n) is 17.3. The van der Waals surface area contributed by atoms with Crippen LogP contribution in [0.4, 0.5) is 16.2 Å². The Morgan fingerprint density at radius 1 is 1.13 bits per heavy atom. The number of anilines is 2. The first kappa shape index (κ1) is 19.4. The number of hydrogen-bond acceptors (Lipinski definition) is 7. The summed E-state index contributed by atoms with van der Waals surface area (Å²) in [6, 6.07) is 0. The Balaban J connectivity index is 1.41. The molecule has 9 heteroatoms. The lowest BCUT2D eigenvalue weighted by molar-refractivity contribution is 0.122. The van der Waals surface area contributed by atoms with E-state index in [1.54, 1.807) is 0 Å². The number of aromatic nitrogens is 4. The van der Waals surface area contributed by atoms with Crippen LogP contribution in [0.5, 0.6) is 0 Å². The van der Waals surface area contributed by atoms with Crippen LogP contribution >= 0.6 is 0 Å². The van der Waals surface area contributed by atoms with Gasteiger partial charge < -0.3 is 14.5 Å². The third-order valence-electron chi connectivity index (χ3n) is 6.87. The number of nitrogens with zero attached hydrogens (tertiary/aromatic N) is 5. The van der Waals surface area contributed by atoms with Crippen LogP contribution in [0.1, 0.15) is 43.1 Å². The predicted octanol–water partition coefficient (Wildman–Crippen LogP) is 1.58. The zero-order valence-corrected chi connectivity index (χ0v) is 17.3. The molecule has 2 aromatic heterocycles. The Bertz CT molecular complexity index is 995. The van der Waals surface area contributed by atoms with Gasteiger partial charge in [-0.2, -0.15) is 0 Å². The van der Waals surface area contributed by atoms with Gasteiger partial charge >= 0.3 is 0 Å². The number of hydrogen-bond donors (Lipinski definition) is 1. The number of H-pyrrole nitrogens is 1. The molecule has 8 nitrogen and oxygen atoms in total. The van der Waals surface area contributed by atoms with Crippen molar-refractivity contribution >= 4 is 11.8 Å². The number of fused-ring (bicyclic) bond motifs is 2. The maximum atomic E-state index is 14.7. The van der Waals surface area contributed by atoms with E-state index in [0.717, 1.165) is 50.0 Å². The van der Waals surface area contributed by atoms with Crippen molar-refractivity contribution in [3.8, 4) is 0 Å². The third kappa shape index (κ3) is 3.15. The molecule has 5 rings (SSSR count). The topological polar surface area (TPSA) is 87.2 Å². The summed E-state index contributed by atoms with van der Waals surface area (Å²) in [4.78, 5) is 33.1. The molecular weight excluding hydrogens is 387 g/mol. The Morgan fingerprint density at radius 3 is 2.63 bits per heavy atom. The van der Waals surface area contributed by atoms with E-state index in [9.17, 15) is 9.18 Å². The average Bonchev–Trinajstić information content (AvgIpc) is 3.14. The number of rotatable bonds is 3. The van der Waals surface area contributed by atoms with Gasteiger partial charge in [-0.15, -0.1) is 0 Å². The molecule has 2 fully saturated rings. The first-order valence-electron chi connectivity index (χ1n) is 10.8. The van der Waals surface area contributed by atoms with Gasteiger partial charge in [0.05, 0.1) is 24.6 Å². The van der Waals surface area contributed by atoms with Gasteiger partial charge in [-0.3, -0.25) is 9.78 Å². The first-order chi connectivity index (χ1) is 14.6. The van der Waals surface area contributed by atoms with E-state index in [-0.39, 0.29) is 16.8 Å². The van der Waals surface area contributed by atoms with Crippen LogP contribution in [0.3, 0.4) is 0 Å². The monoisotopic (exact) mass is 414 g/mol. The summed E-state index contributed by atoms with van der Waals surface area (Å²) >= 11 is 0. The number of ether oxygens (including phenoxy) is 1. The van der Waals surface area contributed by atoms with E-state index in [0.29, 0.717) is 50.2 Å². The van der Waals surface area contributed by atoms with Crippen molar-refractivity contribution in [1.82, 2.24) is 19.9 Å². The van der Waals surface area contributed by atoms with E-state index < -0.39 is 0 Å². The lowest BCUT2D eigenvalue weighted by Gasteiger charge is -2.40. The maximum absolute atomic E-state index is 14.7. The minimum absolute atomic E-state index is 0.0183. The number of aromatic amines is 1. The quantitative estimate of drug-likeness (QED) is 0.816. The molecule has 1 aliphatic carbocycles. The SMILES string of the molecule is CCc1ncnc(N2CCC3(CCc4c3nc(N3CCOCC3)[nH]c4=O)CC2)c1F. The Labute approximate surface area is 174 Å². The minimum atomic E-state index is -0.313. The molecule has 0 atom stereocenters. The second-order valence-corrected chi connectivity index (χ2v) is 8.39. The van der Waals surface area contributed by atoms with Crippen LogP contribution in [-0.2, 0) is 23.0 Å². The van der Waals surface area contributed by atoms with Crippen molar-refractivity contribution < 1.29 is 9.13 Å². The lowest BCUT2D eigenvalue weighted by atomic mass is 9.76. The first-order valence-corrected chi connectivity index (χ1v) is 10.8. The summed E-state index contributed by atoms with van der Waals surface area (Å²) in [5, 5.41) is 0. The van der Waals surface area contributed by atoms with Crippen molar-refractivity contribution in [1.29, 1.82) is 0 Å². The van der Waals surface area contributed by atoms with Gasteiger partial charge in [0.25, 0.3) is 5.56 Å². The normalized spacial score (nSPS) is 20.6. The molecule has 4 heterocycles. The average molecular weight is 414 g/mol. The summed E-state index contributed by atoms with van der Waals surface area (Å²) in [5.74, 6) is 0.731. The summed E-state index contributed by atoms with van der Waals surface area (Å²) in [6.45, 7) is 6.03. The molecule has 160 valence electrons. The molecule has 0 radical (unpaired) electrons. The summed E-state index contributed by atoms with van der Waals surface area (Å²) < 4.78 is 20.2. The van der Waals surface area contributed by atoms with Crippen LogP contribution in [0, 0.1) is 5.82 Å². The molecule has 1 N–H and O–H groups in total. The van der Waals surface area contributed by atoms with Gasteiger partial charge in [-0.05, 0) is 32.1 Å². The largest absolute Gasteiger partial charge is 0.378 e. The third-order valence-corrected chi connectivity index (χ3v) is 6.87. The van der Waals surface area contributed by atoms with Crippen molar-refractivity contribution in [3.63, 3.8) is 0 Å². The molecule has 0 amide bonds. The maximum Gasteiger partial charge on any atom is 0.255 e. The molecule has 0 saturated carbocycles. The highest BCUT2D eigenvalue weighted by molar-refractivity contribution is 5.45. The summed E-state index contributed by atoms with van der Waals surface area (Å²) in [6.07, 6.45) is 5.34. The van der Waals surface area contributed by atoms with Gasteiger partial charge in [0.2, 0.25) is 5.95 Å².